The second-order valence-corrected chi connectivity index (χ2v) is 7.65. The molecule has 30 heavy (non-hydrogen) atoms. The second kappa shape index (κ2) is 6.93. The van der Waals surface area contributed by atoms with E-state index in [9.17, 15) is 14.0 Å². The van der Waals surface area contributed by atoms with E-state index in [1.165, 1.54) is 23.2 Å². The smallest absolute Gasteiger partial charge is 0.296 e. The van der Waals surface area contributed by atoms with Crippen LogP contribution in [0.5, 0.6) is 0 Å². The summed E-state index contributed by atoms with van der Waals surface area (Å²) in [7, 11) is 0. The van der Waals surface area contributed by atoms with Gasteiger partial charge in [-0.2, -0.15) is 0 Å². The Balaban J connectivity index is 1.83. The van der Waals surface area contributed by atoms with Crippen LogP contribution in [0.2, 0.25) is 10.0 Å². The van der Waals surface area contributed by atoms with Gasteiger partial charge in [0, 0.05) is 11.2 Å². The summed E-state index contributed by atoms with van der Waals surface area (Å²) in [4.78, 5) is 32.3. The van der Waals surface area contributed by atoms with Gasteiger partial charge in [-0.3, -0.25) is 14.5 Å². The number of fused-ring (bicyclic) bond motifs is 2. The molecule has 0 radical (unpaired) electrons. The topological polar surface area (TPSA) is 63.4 Å². The summed E-state index contributed by atoms with van der Waals surface area (Å²) in [6.45, 7) is 0. The van der Waals surface area contributed by atoms with Gasteiger partial charge in [0.25, 0.3) is 5.91 Å². The zero-order chi connectivity index (χ0) is 21.0. The molecule has 0 N–H and O–H groups in total. The fourth-order valence-electron chi connectivity index (χ4n) is 3.68. The maximum atomic E-state index is 13.8. The first-order chi connectivity index (χ1) is 14.4. The predicted molar refractivity (Wildman–Crippen MR) is 112 cm³/mol. The molecule has 0 bridgehead atoms. The Labute approximate surface area is 179 Å². The van der Waals surface area contributed by atoms with Crippen molar-refractivity contribution in [1.82, 2.24) is 4.98 Å². The minimum Gasteiger partial charge on any atom is -0.450 e. The van der Waals surface area contributed by atoms with Crippen LogP contribution in [0, 0.1) is 5.82 Å². The summed E-state index contributed by atoms with van der Waals surface area (Å²) in [6, 6.07) is 12.7. The minimum absolute atomic E-state index is 0.0551. The highest BCUT2D eigenvalue weighted by atomic mass is 35.5. The number of nitrogens with zero attached hydrogens (tertiary/aromatic N) is 2. The lowest BCUT2D eigenvalue weighted by Crippen LogP contribution is -2.30. The van der Waals surface area contributed by atoms with Crippen LogP contribution < -0.4 is 10.3 Å². The number of carbonyl (C=O) groups is 1. The highest BCUT2D eigenvalue weighted by Crippen LogP contribution is 2.41. The van der Waals surface area contributed by atoms with Gasteiger partial charge in [-0.15, -0.1) is 0 Å². The molecule has 1 aliphatic heterocycles. The highest BCUT2D eigenvalue weighted by molar-refractivity contribution is 6.31. The van der Waals surface area contributed by atoms with E-state index >= 15 is 0 Å². The molecule has 0 aliphatic carbocycles. The van der Waals surface area contributed by atoms with Crippen LogP contribution in [0.3, 0.4) is 0 Å². The molecule has 8 heteroatoms. The molecule has 1 unspecified atom stereocenters. The van der Waals surface area contributed by atoms with Crippen LogP contribution in [-0.4, -0.2) is 10.9 Å². The first-order valence-corrected chi connectivity index (χ1v) is 9.66. The molecule has 0 saturated carbocycles. The number of hydrogen-bond donors (Lipinski definition) is 0. The molecule has 3 heterocycles. The number of halogens is 3. The van der Waals surface area contributed by atoms with E-state index in [0.717, 1.165) is 6.07 Å². The fourth-order valence-corrected chi connectivity index (χ4v) is 3.99. The van der Waals surface area contributed by atoms with Gasteiger partial charge in [-0.05, 0) is 48.0 Å². The molecule has 1 atom stereocenters. The standard InChI is InChI=1S/C22H11Cl2FN2O3/c23-12-3-1-2-11(8-12)19-18-20(28)15-9-14(25)5-6-16(15)30-21(18)22(29)27(19)17-7-4-13(24)10-26-17/h1-10,19H. The van der Waals surface area contributed by atoms with E-state index < -0.39 is 23.2 Å². The van der Waals surface area contributed by atoms with Gasteiger partial charge in [0.15, 0.2) is 5.43 Å². The zero-order valence-electron chi connectivity index (χ0n) is 15.1. The van der Waals surface area contributed by atoms with Crippen molar-refractivity contribution in [1.29, 1.82) is 0 Å². The molecule has 1 aliphatic rings. The minimum atomic E-state index is -0.844. The lowest BCUT2D eigenvalue weighted by Gasteiger charge is -2.24. The third-order valence-corrected chi connectivity index (χ3v) is 5.41. The molecule has 148 valence electrons. The number of pyridine rings is 1. The number of rotatable bonds is 2. The van der Waals surface area contributed by atoms with Crippen LogP contribution in [0.1, 0.15) is 27.7 Å². The summed E-state index contributed by atoms with van der Waals surface area (Å²) in [5, 5.41) is 0.894. The van der Waals surface area contributed by atoms with E-state index in [1.54, 1.807) is 36.4 Å². The van der Waals surface area contributed by atoms with Crippen molar-refractivity contribution in [2.24, 2.45) is 0 Å². The van der Waals surface area contributed by atoms with E-state index in [2.05, 4.69) is 4.98 Å². The Morgan fingerprint density at radius 2 is 1.83 bits per heavy atom. The summed E-state index contributed by atoms with van der Waals surface area (Å²) in [5.41, 5.74) is 0.344. The quantitative estimate of drug-likeness (QED) is 0.419. The Bertz CT molecular complexity index is 1390. The van der Waals surface area contributed by atoms with Gasteiger partial charge in [-0.25, -0.2) is 9.37 Å². The van der Waals surface area contributed by atoms with Gasteiger partial charge in [0.2, 0.25) is 5.76 Å². The maximum Gasteiger partial charge on any atom is 0.296 e. The van der Waals surface area contributed by atoms with Crippen LogP contribution in [0.4, 0.5) is 10.2 Å². The average molecular weight is 441 g/mol. The van der Waals surface area contributed by atoms with Crippen molar-refractivity contribution >= 4 is 45.9 Å². The Morgan fingerprint density at radius 1 is 1.00 bits per heavy atom. The first-order valence-electron chi connectivity index (χ1n) is 8.91. The van der Waals surface area contributed by atoms with Gasteiger partial charge in [0.1, 0.15) is 17.2 Å². The Morgan fingerprint density at radius 3 is 2.57 bits per heavy atom. The molecular formula is C22H11Cl2FN2O3. The van der Waals surface area contributed by atoms with E-state index in [-0.39, 0.29) is 28.1 Å². The Hall–Kier alpha value is -3.22. The third kappa shape index (κ3) is 2.88. The Kier molecular flexibility index (Phi) is 4.34. The largest absolute Gasteiger partial charge is 0.450 e. The fraction of sp³-hybridized carbons (Fsp3) is 0.0455. The molecule has 0 saturated heterocycles. The molecule has 5 rings (SSSR count). The predicted octanol–water partition coefficient (Wildman–Crippen LogP) is 5.38. The molecule has 5 nitrogen and oxygen atoms in total. The summed E-state index contributed by atoms with van der Waals surface area (Å²) < 4.78 is 19.6. The summed E-state index contributed by atoms with van der Waals surface area (Å²) in [5.74, 6) is -0.932. The zero-order valence-corrected chi connectivity index (χ0v) is 16.6. The molecule has 2 aromatic carbocycles. The van der Waals surface area contributed by atoms with Crippen molar-refractivity contribution < 1.29 is 13.6 Å². The lowest BCUT2D eigenvalue weighted by molar-refractivity contribution is 0.0970. The van der Waals surface area contributed by atoms with Crippen molar-refractivity contribution in [2.75, 3.05) is 4.90 Å². The summed E-state index contributed by atoms with van der Waals surface area (Å²) in [6.07, 6.45) is 1.41. The van der Waals surface area contributed by atoms with E-state index in [4.69, 9.17) is 27.6 Å². The number of carbonyl (C=O) groups excluding carboxylic acids is 1. The lowest BCUT2D eigenvalue weighted by atomic mass is 9.98. The van der Waals surface area contributed by atoms with Crippen LogP contribution in [0.25, 0.3) is 11.0 Å². The number of aromatic nitrogens is 1. The van der Waals surface area contributed by atoms with Crippen molar-refractivity contribution in [3.05, 3.63) is 104 Å². The molecule has 0 fully saturated rings. The number of hydrogen-bond acceptors (Lipinski definition) is 4. The third-order valence-electron chi connectivity index (χ3n) is 4.96. The molecule has 4 aromatic rings. The SMILES string of the molecule is O=C1c2oc3ccc(F)cc3c(=O)c2C(c2cccc(Cl)c2)N1c1ccc(Cl)cn1. The van der Waals surface area contributed by atoms with Crippen LogP contribution >= 0.6 is 23.2 Å². The summed E-state index contributed by atoms with van der Waals surface area (Å²) >= 11 is 12.1. The van der Waals surface area contributed by atoms with Gasteiger partial charge >= 0.3 is 0 Å². The molecule has 0 spiro atoms. The van der Waals surface area contributed by atoms with E-state index in [1.807, 2.05) is 0 Å². The molecule has 2 aromatic heterocycles. The number of amides is 1. The van der Waals surface area contributed by atoms with Gasteiger partial charge < -0.3 is 4.42 Å². The van der Waals surface area contributed by atoms with E-state index in [0.29, 0.717) is 15.6 Å². The average Bonchev–Trinajstić information content (AvgIpc) is 3.02. The number of anilines is 1. The maximum absolute atomic E-state index is 13.8. The molecular weight excluding hydrogens is 430 g/mol. The monoisotopic (exact) mass is 440 g/mol. The highest BCUT2D eigenvalue weighted by Gasteiger charge is 2.44. The molecule has 1 amide bonds. The van der Waals surface area contributed by atoms with Crippen molar-refractivity contribution in [3.8, 4) is 0 Å². The van der Waals surface area contributed by atoms with Gasteiger partial charge in [0.05, 0.1) is 22.0 Å². The van der Waals surface area contributed by atoms with Crippen molar-refractivity contribution in [2.45, 2.75) is 6.04 Å². The first kappa shape index (κ1) is 18.8. The number of benzene rings is 2. The second-order valence-electron chi connectivity index (χ2n) is 6.78. The van der Waals surface area contributed by atoms with Gasteiger partial charge in [-0.1, -0.05) is 35.3 Å². The van der Waals surface area contributed by atoms with Crippen molar-refractivity contribution in [3.63, 3.8) is 0 Å². The van der Waals surface area contributed by atoms with Crippen LogP contribution in [-0.2, 0) is 0 Å². The van der Waals surface area contributed by atoms with Crippen LogP contribution in [0.15, 0.2) is 70.0 Å². The normalized spacial score (nSPS) is 15.6.